The predicted octanol–water partition coefficient (Wildman–Crippen LogP) is 3.58. The van der Waals surface area contributed by atoms with Crippen molar-refractivity contribution < 1.29 is 14.3 Å². The zero-order valence-electron chi connectivity index (χ0n) is 20.1. The van der Waals surface area contributed by atoms with Crippen LogP contribution in [0.1, 0.15) is 28.4 Å². The Balaban J connectivity index is 1.21. The van der Waals surface area contributed by atoms with E-state index in [2.05, 4.69) is 65.8 Å². The van der Waals surface area contributed by atoms with Crippen LogP contribution in [0.5, 0.6) is 11.5 Å². The zero-order chi connectivity index (χ0) is 24.2. The molecule has 1 N–H and O–H groups in total. The smallest absolute Gasteiger partial charge is 0.260 e. The van der Waals surface area contributed by atoms with Gasteiger partial charge in [0.05, 0.1) is 12.8 Å². The molecule has 0 bridgehead atoms. The Morgan fingerprint density at radius 3 is 2.34 bits per heavy atom. The molecular formula is C28H30N4O3. The summed E-state index contributed by atoms with van der Waals surface area (Å²) in [6.45, 7) is 4.94. The van der Waals surface area contributed by atoms with Crippen molar-refractivity contribution in [3.05, 3.63) is 95.1 Å². The quantitative estimate of drug-likeness (QED) is 0.597. The molecule has 7 heteroatoms. The summed E-state index contributed by atoms with van der Waals surface area (Å²) in [5.41, 5.74) is 9.02. The number of hydrazone groups is 1. The fraction of sp³-hybridized carbons (Fsp3) is 0.286. The van der Waals surface area contributed by atoms with Crippen LogP contribution in [-0.4, -0.2) is 61.3 Å². The van der Waals surface area contributed by atoms with Crippen LogP contribution in [0.25, 0.3) is 0 Å². The Labute approximate surface area is 206 Å². The van der Waals surface area contributed by atoms with E-state index in [9.17, 15) is 4.79 Å². The van der Waals surface area contributed by atoms with Crippen LogP contribution in [0.3, 0.4) is 0 Å². The molecule has 3 aromatic carbocycles. The van der Waals surface area contributed by atoms with E-state index in [-0.39, 0.29) is 18.7 Å². The topological polar surface area (TPSA) is 66.4 Å². The average molecular weight is 471 g/mol. The standard InChI is InChI=1S/C28H30N4O3/c1-20-7-9-21(10-8-20)27-24-5-3-4-6-25(24)28(30-29-27)32-17-15-31(16-18-32)26(33)19-35-23-13-11-22(34-2)12-14-23/h3-14,28,30H,15-19H2,1-2H3. The molecular weight excluding hydrogens is 440 g/mol. The highest BCUT2D eigenvalue weighted by Gasteiger charge is 2.31. The van der Waals surface area contributed by atoms with Crippen LogP contribution >= 0.6 is 0 Å². The minimum absolute atomic E-state index is 0.00264. The van der Waals surface area contributed by atoms with Gasteiger partial charge in [-0.3, -0.25) is 15.1 Å². The third-order valence-corrected chi connectivity index (χ3v) is 6.59. The lowest BCUT2D eigenvalue weighted by molar-refractivity contribution is -0.135. The van der Waals surface area contributed by atoms with Crippen molar-refractivity contribution in [2.24, 2.45) is 5.10 Å². The van der Waals surface area contributed by atoms with Crippen molar-refractivity contribution in [2.75, 3.05) is 39.9 Å². The SMILES string of the molecule is COc1ccc(OCC(=O)N2CCN(C3NN=C(c4ccc(C)cc4)c4ccccc43)CC2)cc1. The van der Waals surface area contributed by atoms with Crippen LogP contribution in [0.15, 0.2) is 77.9 Å². The molecule has 5 rings (SSSR count). The number of benzene rings is 3. The molecule has 0 aliphatic carbocycles. The first-order valence-corrected chi connectivity index (χ1v) is 11.9. The number of rotatable bonds is 6. The summed E-state index contributed by atoms with van der Waals surface area (Å²) in [5, 5.41) is 4.77. The minimum atomic E-state index is -0.0202. The number of nitrogens with one attached hydrogen (secondary N) is 1. The van der Waals surface area contributed by atoms with Gasteiger partial charge in [-0.25, -0.2) is 0 Å². The summed E-state index contributed by atoms with van der Waals surface area (Å²) in [6.07, 6.45) is -0.0202. The van der Waals surface area contributed by atoms with E-state index in [0.29, 0.717) is 18.8 Å². The van der Waals surface area contributed by atoms with Crippen molar-refractivity contribution in [3.8, 4) is 11.5 Å². The number of fused-ring (bicyclic) bond motifs is 1. The number of hydrogen-bond donors (Lipinski definition) is 1. The van der Waals surface area contributed by atoms with Gasteiger partial charge in [0.1, 0.15) is 17.7 Å². The van der Waals surface area contributed by atoms with Gasteiger partial charge >= 0.3 is 0 Å². The van der Waals surface area contributed by atoms with Crippen molar-refractivity contribution in [1.82, 2.24) is 15.2 Å². The van der Waals surface area contributed by atoms with Gasteiger partial charge in [-0.15, -0.1) is 0 Å². The molecule has 0 saturated carbocycles. The lowest BCUT2D eigenvalue weighted by Gasteiger charge is -2.40. The molecule has 180 valence electrons. The van der Waals surface area contributed by atoms with Gasteiger partial charge in [-0.1, -0.05) is 54.1 Å². The number of nitrogens with zero attached hydrogens (tertiary/aromatic N) is 3. The second-order valence-corrected chi connectivity index (χ2v) is 8.83. The molecule has 35 heavy (non-hydrogen) atoms. The third-order valence-electron chi connectivity index (χ3n) is 6.59. The van der Waals surface area contributed by atoms with Crippen LogP contribution in [0.2, 0.25) is 0 Å². The van der Waals surface area contributed by atoms with E-state index in [1.165, 1.54) is 11.1 Å². The summed E-state index contributed by atoms with van der Waals surface area (Å²) in [4.78, 5) is 16.9. The molecule has 7 nitrogen and oxygen atoms in total. The number of hydrogen-bond acceptors (Lipinski definition) is 6. The summed E-state index contributed by atoms with van der Waals surface area (Å²) in [6, 6.07) is 24.1. The van der Waals surface area contributed by atoms with Gasteiger partial charge in [0.15, 0.2) is 6.61 Å². The number of ether oxygens (including phenoxy) is 2. The fourth-order valence-corrected chi connectivity index (χ4v) is 4.55. The first-order chi connectivity index (χ1) is 17.1. The van der Waals surface area contributed by atoms with Crippen LogP contribution < -0.4 is 14.9 Å². The van der Waals surface area contributed by atoms with E-state index >= 15 is 0 Å². The van der Waals surface area contributed by atoms with Gasteiger partial charge in [0.25, 0.3) is 5.91 Å². The highest BCUT2D eigenvalue weighted by Crippen LogP contribution is 2.29. The Bertz CT molecular complexity index is 1200. The Kier molecular flexibility index (Phi) is 6.68. The maximum atomic E-state index is 12.7. The Morgan fingerprint density at radius 1 is 0.943 bits per heavy atom. The minimum Gasteiger partial charge on any atom is -0.497 e. The Hall–Kier alpha value is -3.84. The first kappa shape index (κ1) is 22.9. The van der Waals surface area contributed by atoms with Gasteiger partial charge in [0.2, 0.25) is 0 Å². The van der Waals surface area contributed by atoms with Crippen LogP contribution in [-0.2, 0) is 4.79 Å². The van der Waals surface area contributed by atoms with Crippen molar-refractivity contribution in [2.45, 2.75) is 13.1 Å². The van der Waals surface area contributed by atoms with E-state index in [0.717, 1.165) is 35.7 Å². The molecule has 0 aromatic heterocycles. The number of piperazine rings is 1. The van der Waals surface area contributed by atoms with Crippen molar-refractivity contribution in [3.63, 3.8) is 0 Å². The zero-order valence-corrected chi connectivity index (χ0v) is 20.1. The second kappa shape index (κ2) is 10.2. The maximum absolute atomic E-state index is 12.7. The molecule has 1 atom stereocenters. The predicted molar refractivity (Wildman–Crippen MR) is 136 cm³/mol. The molecule has 0 spiro atoms. The number of carbonyl (C=O) groups excluding carboxylic acids is 1. The van der Waals surface area contributed by atoms with E-state index in [1.54, 1.807) is 7.11 Å². The highest BCUT2D eigenvalue weighted by atomic mass is 16.5. The molecule has 0 radical (unpaired) electrons. The van der Waals surface area contributed by atoms with Gasteiger partial charge < -0.3 is 14.4 Å². The molecule has 1 fully saturated rings. The third kappa shape index (κ3) is 5.00. The molecule has 1 amide bonds. The van der Waals surface area contributed by atoms with Crippen molar-refractivity contribution >= 4 is 11.6 Å². The summed E-state index contributed by atoms with van der Waals surface area (Å²) < 4.78 is 10.8. The normalized spacial score (nSPS) is 17.7. The van der Waals surface area contributed by atoms with Gasteiger partial charge in [0, 0.05) is 37.3 Å². The number of methoxy groups -OCH3 is 1. The lowest BCUT2D eigenvalue weighted by Crippen LogP contribution is -2.53. The number of amides is 1. The highest BCUT2D eigenvalue weighted by molar-refractivity contribution is 6.14. The van der Waals surface area contributed by atoms with Crippen LogP contribution in [0.4, 0.5) is 0 Å². The summed E-state index contributed by atoms with van der Waals surface area (Å²) in [7, 11) is 1.62. The Morgan fingerprint density at radius 2 is 1.63 bits per heavy atom. The summed E-state index contributed by atoms with van der Waals surface area (Å²) >= 11 is 0. The van der Waals surface area contributed by atoms with Crippen molar-refractivity contribution in [1.29, 1.82) is 0 Å². The van der Waals surface area contributed by atoms with E-state index in [4.69, 9.17) is 14.6 Å². The monoisotopic (exact) mass is 470 g/mol. The average Bonchev–Trinajstić information content (AvgIpc) is 2.92. The van der Waals surface area contributed by atoms with E-state index < -0.39 is 0 Å². The molecule has 3 aromatic rings. The molecule has 1 unspecified atom stereocenters. The lowest BCUT2D eigenvalue weighted by atomic mass is 9.94. The number of carbonyl (C=O) groups is 1. The summed E-state index contributed by atoms with van der Waals surface area (Å²) in [5.74, 6) is 1.41. The van der Waals surface area contributed by atoms with Gasteiger partial charge in [-0.2, -0.15) is 5.10 Å². The molecule has 2 aliphatic rings. The van der Waals surface area contributed by atoms with E-state index in [1.807, 2.05) is 29.2 Å². The number of aryl methyl sites for hydroxylation is 1. The first-order valence-electron chi connectivity index (χ1n) is 11.9. The van der Waals surface area contributed by atoms with Gasteiger partial charge in [-0.05, 0) is 36.8 Å². The molecule has 2 heterocycles. The molecule has 2 aliphatic heterocycles. The largest absolute Gasteiger partial charge is 0.497 e. The fourth-order valence-electron chi connectivity index (χ4n) is 4.55. The van der Waals surface area contributed by atoms with Crippen LogP contribution in [0, 0.1) is 6.92 Å². The maximum Gasteiger partial charge on any atom is 0.260 e. The second-order valence-electron chi connectivity index (χ2n) is 8.83. The molecule has 1 saturated heterocycles.